The van der Waals surface area contributed by atoms with E-state index in [0.717, 1.165) is 45.4 Å². The summed E-state index contributed by atoms with van der Waals surface area (Å²) < 4.78 is 11.5. The molecule has 0 spiro atoms. The number of ether oxygens (including phenoxy) is 2. The molecule has 2 N–H and O–H groups in total. The second-order valence-corrected chi connectivity index (χ2v) is 5.90. The second kappa shape index (κ2) is 7.38. The van der Waals surface area contributed by atoms with Crippen LogP contribution in [0.1, 0.15) is 46.0 Å². The summed E-state index contributed by atoms with van der Waals surface area (Å²) in [6, 6.07) is 0.243. The maximum Gasteiger partial charge on any atom is 0.222 e. The number of carbonyl (C=O) groups excluding carboxylic acids is 1. The minimum atomic E-state index is -0.0426. The van der Waals surface area contributed by atoms with Gasteiger partial charge in [-0.3, -0.25) is 4.79 Å². The fourth-order valence-electron chi connectivity index (χ4n) is 3.14. The predicted molar refractivity (Wildman–Crippen MR) is 77.7 cm³/mol. The number of carbonyl (C=O) groups is 1. The molecule has 5 heteroatoms. The molecule has 5 nitrogen and oxygen atoms in total. The molecule has 0 radical (unpaired) electrons. The normalized spacial score (nSPS) is 29.9. The zero-order valence-electron chi connectivity index (χ0n) is 12.7. The molecule has 0 aromatic carbocycles. The predicted octanol–water partition coefficient (Wildman–Crippen LogP) is 1.22. The van der Waals surface area contributed by atoms with E-state index in [9.17, 15) is 4.79 Å². The number of rotatable bonds is 5. The van der Waals surface area contributed by atoms with Crippen molar-refractivity contribution in [3.05, 3.63) is 0 Å². The molecule has 2 unspecified atom stereocenters. The highest BCUT2D eigenvalue weighted by atomic mass is 16.5. The Hall–Kier alpha value is -0.650. The highest BCUT2D eigenvalue weighted by Crippen LogP contribution is 2.31. The van der Waals surface area contributed by atoms with Gasteiger partial charge in [0.1, 0.15) is 0 Å². The van der Waals surface area contributed by atoms with Crippen LogP contribution in [-0.4, -0.2) is 50.0 Å². The van der Waals surface area contributed by atoms with Crippen molar-refractivity contribution in [1.29, 1.82) is 0 Å². The SMILES string of the molecule is CCC1(CC)CC(NC(=O)CC2CNCCO2)CCO1. The van der Waals surface area contributed by atoms with Crippen LogP contribution in [0.5, 0.6) is 0 Å². The van der Waals surface area contributed by atoms with Crippen molar-refractivity contribution in [2.45, 2.75) is 63.7 Å². The quantitative estimate of drug-likeness (QED) is 0.797. The van der Waals surface area contributed by atoms with Gasteiger partial charge in [0.05, 0.1) is 24.7 Å². The minimum absolute atomic E-state index is 0.0192. The van der Waals surface area contributed by atoms with Gasteiger partial charge in [0, 0.05) is 25.7 Å². The molecule has 2 heterocycles. The molecule has 2 fully saturated rings. The lowest BCUT2D eigenvalue weighted by atomic mass is 9.86. The topological polar surface area (TPSA) is 59.6 Å². The maximum absolute atomic E-state index is 12.1. The molecule has 2 aliphatic heterocycles. The first-order chi connectivity index (χ1) is 9.67. The number of morpholine rings is 1. The van der Waals surface area contributed by atoms with Gasteiger partial charge in [0.15, 0.2) is 0 Å². The molecular formula is C15H28N2O3. The van der Waals surface area contributed by atoms with E-state index in [1.807, 2.05) is 0 Å². The van der Waals surface area contributed by atoms with Crippen molar-refractivity contribution in [3.63, 3.8) is 0 Å². The van der Waals surface area contributed by atoms with Crippen LogP contribution in [0.3, 0.4) is 0 Å². The lowest BCUT2D eigenvalue weighted by molar-refractivity contribution is -0.129. The standard InChI is InChI=1S/C15H28N2O3/c1-3-15(4-2)10-12(5-7-20-15)17-14(18)9-13-11-16-6-8-19-13/h12-13,16H,3-11H2,1-2H3,(H,17,18). The van der Waals surface area contributed by atoms with E-state index in [2.05, 4.69) is 24.5 Å². The molecule has 0 saturated carbocycles. The van der Waals surface area contributed by atoms with Crippen molar-refractivity contribution in [3.8, 4) is 0 Å². The average Bonchev–Trinajstić information content (AvgIpc) is 2.48. The van der Waals surface area contributed by atoms with E-state index < -0.39 is 0 Å². The van der Waals surface area contributed by atoms with E-state index in [4.69, 9.17) is 9.47 Å². The molecule has 2 saturated heterocycles. The summed E-state index contributed by atoms with van der Waals surface area (Å²) in [7, 11) is 0. The van der Waals surface area contributed by atoms with Gasteiger partial charge in [-0.25, -0.2) is 0 Å². The molecule has 0 aromatic heterocycles. The van der Waals surface area contributed by atoms with Crippen LogP contribution in [-0.2, 0) is 14.3 Å². The summed E-state index contributed by atoms with van der Waals surface area (Å²) in [5.74, 6) is 0.103. The zero-order chi connectivity index (χ0) is 14.4. The van der Waals surface area contributed by atoms with Gasteiger partial charge in [-0.1, -0.05) is 13.8 Å². The summed E-state index contributed by atoms with van der Waals surface area (Å²) in [4.78, 5) is 12.1. The van der Waals surface area contributed by atoms with E-state index in [0.29, 0.717) is 13.0 Å². The Morgan fingerprint density at radius 2 is 2.15 bits per heavy atom. The van der Waals surface area contributed by atoms with Crippen LogP contribution in [0.15, 0.2) is 0 Å². The van der Waals surface area contributed by atoms with Gasteiger partial charge in [-0.05, 0) is 25.7 Å². The van der Waals surface area contributed by atoms with Crippen molar-refractivity contribution in [2.24, 2.45) is 0 Å². The van der Waals surface area contributed by atoms with Gasteiger partial charge in [-0.15, -0.1) is 0 Å². The Bertz CT molecular complexity index is 312. The average molecular weight is 284 g/mol. The third-order valence-electron chi connectivity index (χ3n) is 4.56. The highest BCUT2D eigenvalue weighted by molar-refractivity contribution is 5.76. The van der Waals surface area contributed by atoms with Crippen molar-refractivity contribution in [1.82, 2.24) is 10.6 Å². The highest BCUT2D eigenvalue weighted by Gasteiger charge is 2.35. The molecule has 0 aliphatic carbocycles. The van der Waals surface area contributed by atoms with Crippen LogP contribution in [0, 0.1) is 0 Å². The molecule has 2 aliphatic rings. The first kappa shape index (κ1) is 15.7. The summed E-state index contributed by atoms with van der Waals surface area (Å²) in [6.45, 7) is 7.42. The summed E-state index contributed by atoms with van der Waals surface area (Å²) >= 11 is 0. The first-order valence-electron chi connectivity index (χ1n) is 7.93. The van der Waals surface area contributed by atoms with E-state index in [1.54, 1.807) is 0 Å². The largest absolute Gasteiger partial charge is 0.375 e. The van der Waals surface area contributed by atoms with Gasteiger partial charge in [0.2, 0.25) is 5.91 Å². The van der Waals surface area contributed by atoms with Gasteiger partial charge in [0.25, 0.3) is 0 Å². The maximum atomic E-state index is 12.1. The van der Waals surface area contributed by atoms with Gasteiger partial charge < -0.3 is 20.1 Å². The molecule has 20 heavy (non-hydrogen) atoms. The molecule has 1 amide bonds. The monoisotopic (exact) mass is 284 g/mol. The van der Waals surface area contributed by atoms with E-state index in [-0.39, 0.29) is 23.7 Å². The number of amides is 1. The Labute approximate surface area is 121 Å². The lowest BCUT2D eigenvalue weighted by Crippen LogP contribution is -2.49. The molecule has 2 atom stereocenters. The smallest absolute Gasteiger partial charge is 0.222 e. The van der Waals surface area contributed by atoms with E-state index in [1.165, 1.54) is 0 Å². The lowest BCUT2D eigenvalue weighted by Gasteiger charge is -2.40. The van der Waals surface area contributed by atoms with Crippen molar-refractivity contribution >= 4 is 5.91 Å². The van der Waals surface area contributed by atoms with Crippen molar-refractivity contribution in [2.75, 3.05) is 26.3 Å². The number of hydrogen-bond acceptors (Lipinski definition) is 4. The second-order valence-electron chi connectivity index (χ2n) is 5.90. The third-order valence-corrected chi connectivity index (χ3v) is 4.56. The van der Waals surface area contributed by atoms with Crippen LogP contribution in [0.2, 0.25) is 0 Å². The van der Waals surface area contributed by atoms with Gasteiger partial charge >= 0.3 is 0 Å². The Morgan fingerprint density at radius 1 is 1.35 bits per heavy atom. The summed E-state index contributed by atoms with van der Waals surface area (Å²) in [5.41, 5.74) is -0.0426. The Morgan fingerprint density at radius 3 is 2.80 bits per heavy atom. The molecule has 0 bridgehead atoms. The van der Waals surface area contributed by atoms with Gasteiger partial charge in [-0.2, -0.15) is 0 Å². The van der Waals surface area contributed by atoms with Crippen LogP contribution >= 0.6 is 0 Å². The van der Waals surface area contributed by atoms with Crippen LogP contribution in [0.25, 0.3) is 0 Å². The Balaban J connectivity index is 1.78. The fraction of sp³-hybridized carbons (Fsp3) is 0.933. The Kier molecular flexibility index (Phi) is 5.81. The third kappa shape index (κ3) is 4.17. The zero-order valence-corrected chi connectivity index (χ0v) is 12.7. The van der Waals surface area contributed by atoms with Crippen molar-refractivity contribution < 1.29 is 14.3 Å². The number of hydrogen-bond donors (Lipinski definition) is 2. The molecule has 2 rings (SSSR count). The molecule has 116 valence electrons. The van der Waals surface area contributed by atoms with E-state index >= 15 is 0 Å². The summed E-state index contributed by atoms with van der Waals surface area (Å²) in [6.07, 6.45) is 4.32. The summed E-state index contributed by atoms with van der Waals surface area (Å²) in [5, 5.41) is 6.41. The molecule has 0 aromatic rings. The van der Waals surface area contributed by atoms with Crippen LogP contribution in [0.4, 0.5) is 0 Å². The fourth-order valence-corrected chi connectivity index (χ4v) is 3.14. The number of nitrogens with one attached hydrogen (secondary N) is 2. The van der Waals surface area contributed by atoms with Crippen LogP contribution < -0.4 is 10.6 Å². The minimum Gasteiger partial charge on any atom is -0.375 e. The first-order valence-corrected chi connectivity index (χ1v) is 7.93. The molecular weight excluding hydrogens is 256 g/mol.